The summed E-state index contributed by atoms with van der Waals surface area (Å²) in [5, 5.41) is 0. The summed E-state index contributed by atoms with van der Waals surface area (Å²) in [6.07, 6.45) is 0.977. The van der Waals surface area contributed by atoms with Gasteiger partial charge in [-0.05, 0) is 50.8 Å². The van der Waals surface area contributed by atoms with Crippen molar-refractivity contribution in [2.45, 2.75) is 17.1 Å². The lowest BCUT2D eigenvalue weighted by Gasteiger charge is -2.29. The highest BCUT2D eigenvalue weighted by molar-refractivity contribution is 9.13. The largest absolute Gasteiger partial charge is 0.369 e. The van der Waals surface area contributed by atoms with Crippen LogP contribution in [0.3, 0.4) is 0 Å². The molecule has 0 atom stereocenters. The third-order valence-electron chi connectivity index (χ3n) is 3.07. The maximum Gasteiger partial charge on any atom is 0.252 e. The molecule has 0 aliphatic carbocycles. The van der Waals surface area contributed by atoms with Crippen LogP contribution in [-0.4, -0.2) is 31.7 Å². The van der Waals surface area contributed by atoms with Crippen molar-refractivity contribution in [2.75, 3.05) is 13.1 Å². The number of nitrogens with two attached hydrogens (primary N) is 1. The normalized spacial score (nSPS) is 18.6. The Labute approximate surface area is 132 Å². The molecule has 0 unspecified atom stereocenters. The molecule has 5 nitrogen and oxygen atoms in total. The number of hydrogen-bond donors (Lipinski definition) is 1. The summed E-state index contributed by atoms with van der Waals surface area (Å²) in [5.41, 5.74) is 5.24. The van der Waals surface area contributed by atoms with E-state index in [4.69, 9.17) is 5.73 Å². The number of carbonyl (C=O) groups excluding carboxylic acids is 1. The van der Waals surface area contributed by atoms with Gasteiger partial charge in [-0.2, -0.15) is 4.31 Å². The van der Waals surface area contributed by atoms with Gasteiger partial charge in [-0.25, -0.2) is 8.42 Å². The van der Waals surface area contributed by atoms with Crippen molar-refractivity contribution in [3.05, 3.63) is 14.3 Å². The predicted molar refractivity (Wildman–Crippen MR) is 80.4 cm³/mol. The number of thiophene rings is 1. The van der Waals surface area contributed by atoms with Gasteiger partial charge in [0.25, 0.3) is 10.0 Å². The number of carbonyl (C=O) groups is 1. The highest BCUT2D eigenvalue weighted by atomic mass is 79.9. The van der Waals surface area contributed by atoms with Gasteiger partial charge in [-0.1, -0.05) is 0 Å². The fourth-order valence-corrected chi connectivity index (χ4v) is 6.41. The lowest BCUT2D eigenvalue weighted by Crippen LogP contribution is -2.41. The minimum atomic E-state index is -3.47. The topological polar surface area (TPSA) is 80.5 Å². The first-order chi connectivity index (χ1) is 8.82. The van der Waals surface area contributed by atoms with Gasteiger partial charge in [0.2, 0.25) is 5.91 Å². The fraction of sp³-hybridized carbons (Fsp3) is 0.500. The molecule has 9 heteroatoms. The Bertz CT molecular complexity index is 572. The molecule has 1 fully saturated rings. The second kappa shape index (κ2) is 5.80. The van der Waals surface area contributed by atoms with Crippen LogP contribution in [0, 0.1) is 5.92 Å². The molecule has 0 saturated carbocycles. The van der Waals surface area contributed by atoms with E-state index >= 15 is 0 Å². The van der Waals surface area contributed by atoms with Crippen LogP contribution in [-0.2, 0) is 14.8 Å². The molecule has 1 amide bonds. The van der Waals surface area contributed by atoms with Gasteiger partial charge in [0, 0.05) is 23.5 Å². The number of rotatable bonds is 3. The maximum absolute atomic E-state index is 12.4. The molecule has 0 aromatic carbocycles. The monoisotopic (exact) mass is 430 g/mol. The lowest BCUT2D eigenvalue weighted by atomic mass is 9.98. The quantitative estimate of drug-likeness (QED) is 0.796. The molecule has 2 heterocycles. The summed E-state index contributed by atoms with van der Waals surface area (Å²) in [7, 11) is -3.47. The molecule has 1 aromatic heterocycles. The SMILES string of the molecule is NC(=O)C1CCN(S(=O)(=O)c2cc(Br)c(Br)s2)CC1. The van der Waals surface area contributed by atoms with Crippen molar-refractivity contribution in [3.8, 4) is 0 Å². The fourth-order valence-electron chi connectivity index (χ4n) is 1.96. The van der Waals surface area contributed by atoms with Gasteiger partial charge in [0.15, 0.2) is 0 Å². The summed E-state index contributed by atoms with van der Waals surface area (Å²) in [4.78, 5) is 11.1. The Kier molecular flexibility index (Phi) is 4.71. The Morgan fingerprint density at radius 3 is 2.37 bits per heavy atom. The second-order valence-corrected chi connectivity index (χ2v) is 9.66. The summed E-state index contributed by atoms with van der Waals surface area (Å²) >= 11 is 7.74. The number of amides is 1. The molecular formula is C10H12Br2N2O3S2. The van der Waals surface area contributed by atoms with Crippen molar-refractivity contribution in [3.63, 3.8) is 0 Å². The summed E-state index contributed by atoms with van der Waals surface area (Å²) in [5.74, 6) is -0.563. The highest BCUT2D eigenvalue weighted by Crippen LogP contribution is 2.36. The Hall–Kier alpha value is 0.0400. The number of piperidine rings is 1. The molecule has 2 N–H and O–H groups in total. The third kappa shape index (κ3) is 3.21. The van der Waals surface area contributed by atoms with Crippen molar-refractivity contribution in [2.24, 2.45) is 11.7 Å². The molecule has 0 spiro atoms. The van der Waals surface area contributed by atoms with E-state index in [9.17, 15) is 13.2 Å². The molecule has 1 aliphatic heterocycles. The van der Waals surface area contributed by atoms with Crippen molar-refractivity contribution in [1.82, 2.24) is 4.31 Å². The van der Waals surface area contributed by atoms with Gasteiger partial charge in [0.1, 0.15) is 4.21 Å². The number of nitrogens with zero attached hydrogens (tertiary/aromatic N) is 1. The lowest BCUT2D eigenvalue weighted by molar-refractivity contribution is -0.122. The van der Waals surface area contributed by atoms with Crippen LogP contribution in [0.4, 0.5) is 0 Å². The summed E-state index contributed by atoms with van der Waals surface area (Å²) in [6, 6.07) is 1.59. The minimum absolute atomic E-state index is 0.215. The molecule has 0 radical (unpaired) electrons. The first-order valence-corrected chi connectivity index (χ1v) is 9.41. The second-order valence-electron chi connectivity index (χ2n) is 4.27. The van der Waals surface area contributed by atoms with Gasteiger partial charge in [0.05, 0.1) is 3.79 Å². The van der Waals surface area contributed by atoms with Crippen LogP contribution in [0.25, 0.3) is 0 Å². The molecule has 0 bridgehead atoms. The average Bonchev–Trinajstić information content (AvgIpc) is 2.70. The number of primary amides is 1. The standard InChI is InChI=1S/C10H12Br2N2O3S2/c11-7-5-8(18-9(7)12)19(16,17)14-3-1-6(2-4-14)10(13)15/h5-6H,1-4H2,(H2,13,15). The van der Waals surface area contributed by atoms with E-state index in [1.54, 1.807) is 6.07 Å². The first-order valence-electron chi connectivity index (χ1n) is 5.56. The van der Waals surface area contributed by atoms with Crippen LogP contribution in [0.1, 0.15) is 12.8 Å². The molecule has 19 heavy (non-hydrogen) atoms. The van der Waals surface area contributed by atoms with Crippen molar-refractivity contribution >= 4 is 59.1 Å². The number of sulfonamides is 1. The van der Waals surface area contributed by atoms with Crippen LogP contribution in [0.15, 0.2) is 18.5 Å². The zero-order valence-corrected chi connectivity index (χ0v) is 14.6. The zero-order chi connectivity index (χ0) is 14.2. The van der Waals surface area contributed by atoms with Crippen molar-refractivity contribution < 1.29 is 13.2 Å². The molecular weight excluding hydrogens is 420 g/mol. The van der Waals surface area contributed by atoms with E-state index in [0.717, 1.165) is 8.26 Å². The van der Waals surface area contributed by atoms with Crippen LogP contribution in [0.5, 0.6) is 0 Å². The summed E-state index contributed by atoms with van der Waals surface area (Å²) in [6.45, 7) is 0.673. The Balaban J connectivity index is 2.16. The molecule has 1 aromatic rings. The Morgan fingerprint density at radius 2 is 1.95 bits per heavy atom. The van der Waals surface area contributed by atoms with Crippen LogP contribution < -0.4 is 5.73 Å². The van der Waals surface area contributed by atoms with E-state index in [1.165, 1.54) is 15.6 Å². The predicted octanol–water partition coefficient (Wildman–Crippen LogP) is 2.16. The smallest absolute Gasteiger partial charge is 0.252 e. The number of hydrogen-bond acceptors (Lipinski definition) is 4. The van der Waals surface area contributed by atoms with Crippen LogP contribution >= 0.6 is 43.2 Å². The molecule has 1 aliphatic rings. The number of halogens is 2. The van der Waals surface area contributed by atoms with E-state index < -0.39 is 10.0 Å². The van der Waals surface area contributed by atoms with E-state index in [1.807, 2.05) is 0 Å². The zero-order valence-electron chi connectivity index (χ0n) is 9.80. The minimum Gasteiger partial charge on any atom is -0.369 e. The molecule has 106 valence electrons. The average molecular weight is 432 g/mol. The maximum atomic E-state index is 12.4. The van der Waals surface area contributed by atoms with Gasteiger partial charge in [-0.15, -0.1) is 11.3 Å². The van der Waals surface area contributed by atoms with E-state index in [2.05, 4.69) is 31.9 Å². The first kappa shape index (κ1) is 15.4. The summed E-state index contributed by atoms with van der Waals surface area (Å²) < 4.78 is 28.0. The van der Waals surface area contributed by atoms with Crippen LogP contribution in [0.2, 0.25) is 0 Å². The Morgan fingerprint density at radius 1 is 1.37 bits per heavy atom. The third-order valence-corrected chi connectivity index (χ3v) is 8.68. The molecule has 2 rings (SSSR count). The van der Waals surface area contributed by atoms with Crippen molar-refractivity contribution in [1.29, 1.82) is 0 Å². The van der Waals surface area contributed by atoms with E-state index in [0.29, 0.717) is 30.1 Å². The van der Waals surface area contributed by atoms with Gasteiger partial charge >= 0.3 is 0 Å². The van der Waals surface area contributed by atoms with E-state index in [-0.39, 0.29) is 11.8 Å². The molecule has 1 saturated heterocycles. The van der Waals surface area contributed by atoms with Gasteiger partial charge in [-0.3, -0.25) is 4.79 Å². The van der Waals surface area contributed by atoms with Gasteiger partial charge < -0.3 is 5.73 Å². The highest BCUT2D eigenvalue weighted by Gasteiger charge is 2.32.